The van der Waals surface area contributed by atoms with Crippen LogP contribution in [-0.4, -0.2) is 35.7 Å². The van der Waals surface area contributed by atoms with Crippen molar-refractivity contribution in [3.05, 3.63) is 35.4 Å². The van der Waals surface area contributed by atoms with Gasteiger partial charge in [-0.2, -0.15) is 13.2 Å². The van der Waals surface area contributed by atoms with Gasteiger partial charge >= 0.3 is 12.2 Å². The summed E-state index contributed by atoms with van der Waals surface area (Å²) in [6.45, 7) is 2.86. The second-order valence-corrected chi connectivity index (χ2v) is 5.57. The molecule has 2 rings (SSSR count). The first kappa shape index (κ1) is 16.6. The van der Waals surface area contributed by atoms with Crippen molar-refractivity contribution in [3.63, 3.8) is 0 Å². The fourth-order valence-electron chi connectivity index (χ4n) is 2.49. The fourth-order valence-corrected chi connectivity index (χ4v) is 2.49. The van der Waals surface area contributed by atoms with Crippen molar-refractivity contribution in [1.29, 1.82) is 0 Å². The van der Waals surface area contributed by atoms with E-state index in [1.165, 1.54) is 12.1 Å². The largest absolute Gasteiger partial charge is 0.416 e. The summed E-state index contributed by atoms with van der Waals surface area (Å²) >= 11 is 0. The van der Waals surface area contributed by atoms with Crippen molar-refractivity contribution >= 4 is 6.03 Å². The molecule has 0 radical (unpaired) electrons. The van der Waals surface area contributed by atoms with Crippen LogP contribution < -0.4 is 5.32 Å². The van der Waals surface area contributed by atoms with Crippen LogP contribution in [0.25, 0.3) is 0 Å². The minimum absolute atomic E-state index is 0.0538. The molecular formula is C15H19F3N2O2. The third kappa shape index (κ3) is 3.91. The van der Waals surface area contributed by atoms with Gasteiger partial charge in [-0.15, -0.1) is 0 Å². The van der Waals surface area contributed by atoms with Crippen molar-refractivity contribution in [2.24, 2.45) is 5.92 Å². The Labute approximate surface area is 126 Å². The highest BCUT2D eigenvalue weighted by Gasteiger charge is 2.30. The number of benzene rings is 1. The van der Waals surface area contributed by atoms with Crippen molar-refractivity contribution in [2.45, 2.75) is 25.6 Å². The predicted octanol–water partition coefficient (Wildman–Crippen LogP) is 2.79. The van der Waals surface area contributed by atoms with Crippen LogP contribution in [0.2, 0.25) is 0 Å². The van der Waals surface area contributed by atoms with E-state index in [9.17, 15) is 18.0 Å². The van der Waals surface area contributed by atoms with Crippen LogP contribution >= 0.6 is 0 Å². The molecule has 122 valence electrons. The Balaban J connectivity index is 1.94. The molecule has 2 atom stereocenters. The van der Waals surface area contributed by atoms with Crippen molar-refractivity contribution in [3.8, 4) is 0 Å². The summed E-state index contributed by atoms with van der Waals surface area (Å²) in [5.41, 5.74) is -0.0978. The number of likely N-dealkylation sites (tertiary alicyclic amines) is 1. The third-order valence-electron chi connectivity index (χ3n) is 3.91. The SMILES string of the molecule is CC(NC(=O)N1CCC(CO)C1)c1ccc(C(F)(F)F)cc1. The number of hydrogen-bond acceptors (Lipinski definition) is 2. The van der Waals surface area contributed by atoms with Crippen LogP contribution in [0.4, 0.5) is 18.0 Å². The van der Waals surface area contributed by atoms with Gasteiger partial charge in [-0.05, 0) is 31.0 Å². The van der Waals surface area contributed by atoms with E-state index in [4.69, 9.17) is 5.11 Å². The number of nitrogens with one attached hydrogen (secondary N) is 1. The van der Waals surface area contributed by atoms with Gasteiger partial charge < -0.3 is 15.3 Å². The number of carbonyl (C=O) groups is 1. The molecule has 2 unspecified atom stereocenters. The number of urea groups is 1. The topological polar surface area (TPSA) is 52.6 Å². The molecule has 0 bridgehead atoms. The maximum Gasteiger partial charge on any atom is 0.416 e. The lowest BCUT2D eigenvalue weighted by molar-refractivity contribution is -0.137. The van der Waals surface area contributed by atoms with Crippen molar-refractivity contribution in [1.82, 2.24) is 10.2 Å². The molecule has 0 spiro atoms. The molecule has 4 nitrogen and oxygen atoms in total. The smallest absolute Gasteiger partial charge is 0.396 e. The molecule has 2 amide bonds. The van der Waals surface area contributed by atoms with Gasteiger partial charge in [0.25, 0.3) is 0 Å². The average Bonchev–Trinajstić information content (AvgIpc) is 2.95. The van der Waals surface area contributed by atoms with Crippen molar-refractivity contribution < 1.29 is 23.1 Å². The Morgan fingerprint density at radius 2 is 2.05 bits per heavy atom. The standard InChI is InChI=1S/C15H19F3N2O2/c1-10(12-2-4-13(5-3-12)15(16,17)18)19-14(22)20-7-6-11(8-20)9-21/h2-5,10-11,21H,6-9H2,1H3,(H,19,22). The Kier molecular flexibility index (Phi) is 4.95. The molecule has 0 aromatic heterocycles. The zero-order valence-electron chi connectivity index (χ0n) is 12.2. The van der Waals surface area contributed by atoms with E-state index in [0.717, 1.165) is 18.6 Å². The number of halogens is 3. The van der Waals surface area contributed by atoms with Crippen molar-refractivity contribution in [2.75, 3.05) is 19.7 Å². The lowest BCUT2D eigenvalue weighted by Gasteiger charge is -2.21. The molecule has 1 heterocycles. The summed E-state index contributed by atoms with van der Waals surface area (Å²) in [4.78, 5) is 13.7. The summed E-state index contributed by atoms with van der Waals surface area (Å²) < 4.78 is 37.5. The van der Waals surface area contributed by atoms with E-state index in [0.29, 0.717) is 18.7 Å². The number of alkyl halides is 3. The van der Waals surface area contributed by atoms with Crippen LogP contribution in [0, 0.1) is 5.92 Å². The highest BCUT2D eigenvalue weighted by atomic mass is 19.4. The van der Waals surface area contributed by atoms with E-state index < -0.39 is 11.7 Å². The van der Waals surface area contributed by atoms with Gasteiger partial charge in [0.2, 0.25) is 0 Å². The quantitative estimate of drug-likeness (QED) is 0.901. The zero-order chi connectivity index (χ0) is 16.3. The average molecular weight is 316 g/mol. The van der Waals surface area contributed by atoms with Crippen LogP contribution in [-0.2, 0) is 6.18 Å². The molecular weight excluding hydrogens is 297 g/mol. The zero-order valence-corrected chi connectivity index (χ0v) is 12.2. The van der Waals surface area contributed by atoms with Gasteiger partial charge in [0, 0.05) is 25.6 Å². The lowest BCUT2D eigenvalue weighted by Crippen LogP contribution is -2.39. The van der Waals surface area contributed by atoms with Gasteiger partial charge in [-0.1, -0.05) is 12.1 Å². The number of rotatable bonds is 3. The van der Waals surface area contributed by atoms with E-state index in [-0.39, 0.29) is 24.6 Å². The first-order valence-corrected chi connectivity index (χ1v) is 7.14. The molecule has 1 aromatic rings. The fraction of sp³-hybridized carbons (Fsp3) is 0.533. The molecule has 7 heteroatoms. The number of aliphatic hydroxyl groups is 1. The minimum atomic E-state index is -4.36. The molecule has 1 aromatic carbocycles. The summed E-state index contributed by atoms with van der Waals surface area (Å²) in [5, 5.41) is 11.8. The predicted molar refractivity (Wildman–Crippen MR) is 75.2 cm³/mol. The first-order valence-electron chi connectivity index (χ1n) is 7.14. The molecule has 1 fully saturated rings. The van der Waals surface area contributed by atoms with E-state index in [1.807, 2.05) is 0 Å². The van der Waals surface area contributed by atoms with Crippen LogP contribution in [0.15, 0.2) is 24.3 Å². The van der Waals surface area contributed by atoms with Gasteiger partial charge in [0.05, 0.1) is 11.6 Å². The normalized spacial score (nSPS) is 20.0. The molecule has 1 aliphatic heterocycles. The second-order valence-electron chi connectivity index (χ2n) is 5.57. The van der Waals surface area contributed by atoms with Gasteiger partial charge in [-0.25, -0.2) is 4.79 Å². The van der Waals surface area contributed by atoms with Gasteiger partial charge in [-0.3, -0.25) is 0 Å². The Morgan fingerprint density at radius 1 is 1.41 bits per heavy atom. The van der Waals surface area contributed by atoms with E-state index in [1.54, 1.807) is 11.8 Å². The molecule has 0 aliphatic carbocycles. The number of hydrogen-bond donors (Lipinski definition) is 2. The summed E-state index contributed by atoms with van der Waals surface area (Å²) in [6.07, 6.45) is -3.60. The maximum atomic E-state index is 12.5. The summed E-state index contributed by atoms with van der Waals surface area (Å²) in [5.74, 6) is 0.104. The molecule has 1 saturated heterocycles. The second kappa shape index (κ2) is 6.56. The summed E-state index contributed by atoms with van der Waals surface area (Å²) in [6, 6.07) is 4.11. The number of amides is 2. The third-order valence-corrected chi connectivity index (χ3v) is 3.91. The monoisotopic (exact) mass is 316 g/mol. The summed E-state index contributed by atoms with van der Waals surface area (Å²) in [7, 11) is 0. The molecule has 2 N–H and O–H groups in total. The van der Waals surface area contributed by atoms with E-state index >= 15 is 0 Å². The highest BCUT2D eigenvalue weighted by Crippen LogP contribution is 2.30. The first-order chi connectivity index (χ1) is 10.3. The number of carbonyl (C=O) groups excluding carboxylic acids is 1. The maximum absolute atomic E-state index is 12.5. The van der Waals surface area contributed by atoms with Crippen LogP contribution in [0.3, 0.4) is 0 Å². The Hall–Kier alpha value is -1.76. The van der Waals surface area contributed by atoms with Crippen LogP contribution in [0.1, 0.15) is 30.5 Å². The lowest BCUT2D eigenvalue weighted by atomic mass is 10.1. The number of nitrogens with zero attached hydrogens (tertiary/aromatic N) is 1. The van der Waals surface area contributed by atoms with E-state index in [2.05, 4.69) is 5.32 Å². The number of aliphatic hydroxyl groups excluding tert-OH is 1. The molecule has 0 saturated carbocycles. The Bertz CT molecular complexity index is 517. The van der Waals surface area contributed by atoms with Gasteiger partial charge in [0.1, 0.15) is 0 Å². The minimum Gasteiger partial charge on any atom is -0.396 e. The van der Waals surface area contributed by atoms with Gasteiger partial charge in [0.15, 0.2) is 0 Å². The molecule has 1 aliphatic rings. The Morgan fingerprint density at radius 3 is 2.55 bits per heavy atom. The highest BCUT2D eigenvalue weighted by molar-refractivity contribution is 5.75. The van der Waals surface area contributed by atoms with Crippen LogP contribution in [0.5, 0.6) is 0 Å². The molecule has 22 heavy (non-hydrogen) atoms.